The van der Waals surface area contributed by atoms with Crippen LogP contribution in [0.4, 0.5) is 5.69 Å². The third kappa shape index (κ3) is 6.38. The predicted octanol–water partition coefficient (Wildman–Crippen LogP) is 4.50. The minimum absolute atomic E-state index is 0.556. The van der Waals surface area contributed by atoms with E-state index in [2.05, 4.69) is 63.6 Å². The quantitative estimate of drug-likeness (QED) is 0.564. The molecule has 0 spiro atoms. The van der Waals surface area contributed by atoms with Gasteiger partial charge in [0, 0.05) is 24.7 Å². The van der Waals surface area contributed by atoms with Gasteiger partial charge in [0.15, 0.2) is 0 Å². The number of benzene rings is 1. The molecule has 0 N–H and O–H groups in total. The van der Waals surface area contributed by atoms with Crippen molar-refractivity contribution < 1.29 is 0 Å². The van der Waals surface area contributed by atoms with E-state index in [9.17, 15) is 0 Å². The lowest BCUT2D eigenvalue weighted by Gasteiger charge is -2.23. The summed E-state index contributed by atoms with van der Waals surface area (Å²) in [5, 5.41) is 0. The summed E-state index contributed by atoms with van der Waals surface area (Å²) < 4.78 is 0. The summed E-state index contributed by atoms with van der Waals surface area (Å²) in [6.45, 7) is 9.93. The molecule has 0 aromatic heterocycles. The van der Waals surface area contributed by atoms with Crippen LogP contribution >= 0.6 is 11.6 Å². The zero-order valence-electron chi connectivity index (χ0n) is 11.4. The Morgan fingerprint density at radius 2 is 1.76 bits per heavy atom. The highest BCUT2D eigenvalue weighted by molar-refractivity contribution is 6.18. The molecule has 96 valence electrons. The highest BCUT2D eigenvalue weighted by Gasteiger charge is 2.03. The number of nitrogens with zero attached hydrogens (tertiary/aromatic N) is 1. The second kappa shape index (κ2) is 9.12. The molecule has 1 rings (SSSR count). The molecule has 0 fully saturated rings. The summed E-state index contributed by atoms with van der Waals surface area (Å²) in [6, 6.07) is 9.35. The first-order chi connectivity index (χ1) is 8.06. The van der Waals surface area contributed by atoms with Crippen molar-refractivity contribution in [1.29, 1.82) is 0 Å². The van der Waals surface area contributed by atoms with Gasteiger partial charge in [-0.2, -0.15) is 0 Å². The molecule has 1 nitrogen and oxygen atoms in total. The summed E-state index contributed by atoms with van der Waals surface area (Å²) in [5.74, 6) is 0.556. The Bertz CT molecular complexity index is 303. The fourth-order valence-corrected chi connectivity index (χ4v) is 1.26. The first kappa shape index (κ1) is 16.1. The zero-order valence-corrected chi connectivity index (χ0v) is 12.2. The largest absolute Gasteiger partial charge is 0.372 e. The van der Waals surface area contributed by atoms with E-state index in [1.165, 1.54) is 11.3 Å². The van der Waals surface area contributed by atoms with Crippen molar-refractivity contribution in [2.45, 2.75) is 33.2 Å². The van der Waals surface area contributed by atoms with Crippen molar-refractivity contribution in [2.75, 3.05) is 17.8 Å². The molecular weight excluding hydrogens is 230 g/mol. The normalized spacial score (nSPS) is 9.53. The molecule has 1 aromatic rings. The van der Waals surface area contributed by atoms with Gasteiger partial charge in [0.05, 0.1) is 0 Å². The van der Waals surface area contributed by atoms with Crippen LogP contribution in [0.25, 0.3) is 0 Å². The summed E-state index contributed by atoms with van der Waals surface area (Å²) in [7, 11) is 2.13. The highest BCUT2D eigenvalue weighted by Crippen LogP contribution is 2.15. The maximum atomic E-state index is 5.07. The molecule has 0 unspecified atom stereocenters. The predicted molar refractivity (Wildman–Crippen MR) is 80.3 cm³/mol. The fourth-order valence-electron chi connectivity index (χ4n) is 1.26. The van der Waals surface area contributed by atoms with E-state index < -0.39 is 0 Å². The molecule has 17 heavy (non-hydrogen) atoms. The topological polar surface area (TPSA) is 3.24 Å². The number of halogens is 1. The molecule has 0 aliphatic rings. The Hall–Kier alpha value is -0.950. The number of alkyl halides is 1. The molecule has 2 heteroatoms. The van der Waals surface area contributed by atoms with Crippen molar-refractivity contribution in [1.82, 2.24) is 0 Å². The van der Waals surface area contributed by atoms with Gasteiger partial charge < -0.3 is 4.90 Å². The Morgan fingerprint density at radius 3 is 2.06 bits per heavy atom. The monoisotopic (exact) mass is 253 g/mol. The number of hydrogen-bond acceptors (Lipinski definition) is 1. The molecular formula is C15H24ClN. The maximum absolute atomic E-state index is 5.07. The second-order valence-corrected chi connectivity index (χ2v) is 4.48. The SMILES string of the molecule is C=CCCl.CCc1ccc(N(C)C(C)C)cc1. The van der Waals surface area contributed by atoms with Gasteiger partial charge in [-0.25, -0.2) is 0 Å². The number of aryl methyl sites for hydroxylation is 1. The van der Waals surface area contributed by atoms with Gasteiger partial charge in [-0.15, -0.1) is 18.2 Å². The minimum atomic E-state index is 0.556. The van der Waals surface area contributed by atoms with Gasteiger partial charge in [-0.05, 0) is 38.0 Å². The van der Waals surface area contributed by atoms with Crippen LogP contribution in [-0.4, -0.2) is 19.0 Å². The van der Waals surface area contributed by atoms with Crippen molar-refractivity contribution >= 4 is 17.3 Å². The average Bonchev–Trinajstić information content (AvgIpc) is 2.38. The molecule has 0 bridgehead atoms. The number of anilines is 1. The second-order valence-electron chi connectivity index (χ2n) is 4.17. The van der Waals surface area contributed by atoms with E-state index in [-0.39, 0.29) is 0 Å². The van der Waals surface area contributed by atoms with E-state index >= 15 is 0 Å². The minimum Gasteiger partial charge on any atom is -0.372 e. The van der Waals surface area contributed by atoms with Gasteiger partial charge in [-0.3, -0.25) is 0 Å². The summed E-state index contributed by atoms with van der Waals surface area (Å²) in [4.78, 5) is 2.28. The average molecular weight is 254 g/mol. The lowest BCUT2D eigenvalue weighted by molar-refractivity contribution is 0.754. The standard InChI is InChI=1S/C12H19N.C3H5Cl/c1-5-11-6-8-12(9-7-11)13(4)10(2)3;1-2-3-4/h6-10H,5H2,1-4H3;2H,1,3H2. The molecule has 0 saturated heterocycles. The van der Waals surface area contributed by atoms with Crippen molar-refractivity contribution in [3.8, 4) is 0 Å². The van der Waals surface area contributed by atoms with Gasteiger partial charge >= 0.3 is 0 Å². The highest BCUT2D eigenvalue weighted by atomic mass is 35.5. The van der Waals surface area contributed by atoms with E-state index in [0.717, 1.165) is 6.42 Å². The smallest absolute Gasteiger partial charge is 0.0401 e. The van der Waals surface area contributed by atoms with Crippen LogP contribution in [-0.2, 0) is 6.42 Å². The van der Waals surface area contributed by atoms with Crippen molar-refractivity contribution in [2.24, 2.45) is 0 Å². The number of allylic oxidation sites excluding steroid dienone is 1. The lowest BCUT2D eigenvalue weighted by atomic mass is 10.1. The van der Waals surface area contributed by atoms with E-state index in [0.29, 0.717) is 11.9 Å². The van der Waals surface area contributed by atoms with Crippen LogP contribution < -0.4 is 4.90 Å². The molecule has 0 atom stereocenters. The van der Waals surface area contributed by atoms with Crippen LogP contribution in [0.15, 0.2) is 36.9 Å². The number of rotatable bonds is 4. The summed E-state index contributed by atoms with van der Waals surface area (Å²) in [6.07, 6.45) is 2.76. The van der Waals surface area contributed by atoms with Crippen molar-refractivity contribution in [3.05, 3.63) is 42.5 Å². The molecule has 0 saturated carbocycles. The first-order valence-corrected chi connectivity index (χ1v) is 6.58. The third-order valence-electron chi connectivity index (χ3n) is 2.64. The summed E-state index contributed by atoms with van der Waals surface area (Å²) >= 11 is 5.07. The van der Waals surface area contributed by atoms with E-state index in [4.69, 9.17) is 11.6 Å². The summed E-state index contributed by atoms with van der Waals surface area (Å²) in [5.41, 5.74) is 2.70. The van der Waals surface area contributed by atoms with Crippen molar-refractivity contribution in [3.63, 3.8) is 0 Å². The Balaban J connectivity index is 0.000000557. The lowest BCUT2D eigenvalue weighted by Crippen LogP contribution is -2.25. The first-order valence-electron chi connectivity index (χ1n) is 6.05. The zero-order chi connectivity index (χ0) is 13.3. The Morgan fingerprint density at radius 1 is 1.29 bits per heavy atom. The Labute approximate surface area is 111 Å². The number of hydrogen-bond donors (Lipinski definition) is 0. The third-order valence-corrected chi connectivity index (χ3v) is 2.85. The van der Waals surface area contributed by atoms with Gasteiger partial charge in [-0.1, -0.05) is 25.1 Å². The molecule has 0 aliphatic heterocycles. The fraction of sp³-hybridized carbons (Fsp3) is 0.467. The molecule has 0 amide bonds. The van der Waals surface area contributed by atoms with E-state index in [1.54, 1.807) is 6.08 Å². The molecule has 1 aromatic carbocycles. The van der Waals surface area contributed by atoms with Gasteiger partial charge in [0.25, 0.3) is 0 Å². The molecule has 0 aliphatic carbocycles. The van der Waals surface area contributed by atoms with Crippen LogP contribution in [0.2, 0.25) is 0 Å². The van der Waals surface area contributed by atoms with Gasteiger partial charge in [0.2, 0.25) is 0 Å². The van der Waals surface area contributed by atoms with Gasteiger partial charge in [0.1, 0.15) is 0 Å². The van der Waals surface area contributed by atoms with Crippen LogP contribution in [0.3, 0.4) is 0 Å². The Kier molecular flexibility index (Phi) is 8.61. The van der Waals surface area contributed by atoms with E-state index in [1.807, 2.05) is 0 Å². The molecule has 0 heterocycles. The molecule has 0 radical (unpaired) electrons. The van der Waals surface area contributed by atoms with Crippen LogP contribution in [0, 0.1) is 0 Å². The van der Waals surface area contributed by atoms with Crippen LogP contribution in [0.5, 0.6) is 0 Å². The van der Waals surface area contributed by atoms with Crippen LogP contribution in [0.1, 0.15) is 26.3 Å². The maximum Gasteiger partial charge on any atom is 0.0401 e.